The van der Waals surface area contributed by atoms with E-state index in [1.807, 2.05) is 42.5 Å². The van der Waals surface area contributed by atoms with Crippen molar-refractivity contribution in [2.45, 2.75) is 25.0 Å². The molecule has 20 heavy (non-hydrogen) atoms. The number of hydrogen-bond acceptors (Lipinski definition) is 2. The molecule has 3 rings (SSSR count). The first kappa shape index (κ1) is 13.5. The molecule has 1 atom stereocenters. The van der Waals surface area contributed by atoms with Gasteiger partial charge in [0, 0.05) is 12.6 Å². The second-order valence-electron chi connectivity index (χ2n) is 5.13. The molecule has 1 N–H and O–H groups in total. The highest BCUT2D eigenvalue weighted by Crippen LogP contribution is 2.29. The molecule has 1 saturated carbocycles. The molecular formula is C17H18ClNO. The van der Waals surface area contributed by atoms with E-state index >= 15 is 0 Å². The predicted octanol–water partition coefficient (Wildman–Crippen LogP) is 4.21. The number of ether oxygens (including phenoxy) is 1. The fourth-order valence-corrected chi connectivity index (χ4v) is 2.33. The topological polar surface area (TPSA) is 21.3 Å². The third-order valence-corrected chi connectivity index (χ3v) is 3.76. The van der Waals surface area contributed by atoms with Crippen molar-refractivity contribution in [2.24, 2.45) is 0 Å². The molecule has 104 valence electrons. The minimum Gasteiger partial charge on any atom is -0.483 e. The van der Waals surface area contributed by atoms with Crippen LogP contribution >= 0.6 is 11.6 Å². The summed E-state index contributed by atoms with van der Waals surface area (Å²) in [4.78, 5) is 0. The van der Waals surface area contributed by atoms with Crippen molar-refractivity contribution in [3.05, 3.63) is 65.2 Å². The lowest BCUT2D eigenvalue weighted by Gasteiger charge is -2.21. The molecule has 3 heteroatoms. The summed E-state index contributed by atoms with van der Waals surface area (Å²) in [6, 6.07) is 18.6. The molecule has 1 aliphatic rings. The molecule has 0 spiro atoms. The third kappa shape index (κ3) is 3.53. The number of para-hydroxylation sites is 1. The van der Waals surface area contributed by atoms with E-state index in [0.717, 1.165) is 12.3 Å². The maximum Gasteiger partial charge on any atom is 0.138 e. The SMILES string of the molecule is Clc1ccccc1OC(CNC1CC1)c1ccccc1. The van der Waals surface area contributed by atoms with Crippen molar-refractivity contribution in [2.75, 3.05) is 6.54 Å². The minimum absolute atomic E-state index is 0.0169. The Morgan fingerprint density at radius 2 is 1.75 bits per heavy atom. The summed E-state index contributed by atoms with van der Waals surface area (Å²) in [7, 11) is 0. The average molecular weight is 288 g/mol. The Labute approximate surface area is 124 Å². The molecule has 0 saturated heterocycles. The van der Waals surface area contributed by atoms with Crippen LogP contribution in [-0.2, 0) is 0 Å². The van der Waals surface area contributed by atoms with E-state index < -0.39 is 0 Å². The number of benzene rings is 2. The summed E-state index contributed by atoms with van der Waals surface area (Å²) in [6.45, 7) is 0.805. The van der Waals surface area contributed by atoms with Crippen molar-refractivity contribution >= 4 is 11.6 Å². The molecule has 0 radical (unpaired) electrons. The zero-order chi connectivity index (χ0) is 13.8. The highest BCUT2D eigenvalue weighted by molar-refractivity contribution is 6.32. The summed E-state index contributed by atoms with van der Waals surface area (Å²) in [6.07, 6.45) is 2.53. The molecule has 1 fully saturated rings. The van der Waals surface area contributed by atoms with E-state index in [0.29, 0.717) is 11.1 Å². The van der Waals surface area contributed by atoms with Gasteiger partial charge in [-0.05, 0) is 30.5 Å². The Balaban J connectivity index is 1.76. The van der Waals surface area contributed by atoms with Gasteiger partial charge in [-0.25, -0.2) is 0 Å². The van der Waals surface area contributed by atoms with Crippen LogP contribution in [0.4, 0.5) is 0 Å². The van der Waals surface area contributed by atoms with Crippen molar-refractivity contribution < 1.29 is 4.74 Å². The third-order valence-electron chi connectivity index (χ3n) is 3.45. The van der Waals surface area contributed by atoms with Crippen molar-refractivity contribution in [1.29, 1.82) is 0 Å². The lowest BCUT2D eigenvalue weighted by atomic mass is 10.1. The summed E-state index contributed by atoms with van der Waals surface area (Å²) >= 11 is 6.19. The quantitative estimate of drug-likeness (QED) is 0.859. The molecule has 1 unspecified atom stereocenters. The van der Waals surface area contributed by atoms with Crippen molar-refractivity contribution in [3.63, 3.8) is 0 Å². The van der Waals surface area contributed by atoms with Crippen LogP contribution in [0.25, 0.3) is 0 Å². The molecule has 0 heterocycles. The number of hydrogen-bond donors (Lipinski definition) is 1. The molecule has 2 aromatic rings. The maximum atomic E-state index is 6.19. The van der Waals surface area contributed by atoms with Crippen LogP contribution in [0.1, 0.15) is 24.5 Å². The van der Waals surface area contributed by atoms with Gasteiger partial charge in [0.25, 0.3) is 0 Å². The van der Waals surface area contributed by atoms with E-state index in [9.17, 15) is 0 Å². The first-order valence-corrected chi connectivity index (χ1v) is 7.40. The zero-order valence-electron chi connectivity index (χ0n) is 11.3. The van der Waals surface area contributed by atoms with Crippen LogP contribution in [0.5, 0.6) is 5.75 Å². The van der Waals surface area contributed by atoms with Gasteiger partial charge < -0.3 is 10.1 Å². The minimum atomic E-state index is -0.0169. The average Bonchev–Trinajstić information content (AvgIpc) is 3.30. The van der Waals surface area contributed by atoms with Gasteiger partial charge in [0.2, 0.25) is 0 Å². The van der Waals surface area contributed by atoms with Gasteiger partial charge in [-0.1, -0.05) is 54.1 Å². The molecule has 0 amide bonds. The zero-order valence-corrected chi connectivity index (χ0v) is 12.0. The molecular weight excluding hydrogens is 270 g/mol. The van der Waals surface area contributed by atoms with Crippen molar-refractivity contribution in [1.82, 2.24) is 5.32 Å². The van der Waals surface area contributed by atoms with Gasteiger partial charge in [0.05, 0.1) is 5.02 Å². The van der Waals surface area contributed by atoms with Crippen LogP contribution in [0.15, 0.2) is 54.6 Å². The Morgan fingerprint density at radius 3 is 2.45 bits per heavy atom. The lowest BCUT2D eigenvalue weighted by molar-refractivity contribution is 0.201. The molecule has 2 nitrogen and oxygen atoms in total. The van der Waals surface area contributed by atoms with Gasteiger partial charge in [-0.2, -0.15) is 0 Å². The molecule has 0 aliphatic heterocycles. The van der Waals surface area contributed by atoms with Crippen LogP contribution in [0.3, 0.4) is 0 Å². The number of nitrogens with one attached hydrogen (secondary N) is 1. The van der Waals surface area contributed by atoms with E-state index in [4.69, 9.17) is 16.3 Å². The standard InChI is InChI=1S/C17H18ClNO/c18-15-8-4-5-9-16(15)20-17(12-19-14-10-11-14)13-6-2-1-3-7-13/h1-9,14,17,19H,10-12H2. The summed E-state index contributed by atoms with van der Waals surface area (Å²) < 4.78 is 6.12. The Morgan fingerprint density at radius 1 is 1.05 bits per heavy atom. The highest BCUT2D eigenvalue weighted by Gasteiger charge is 2.23. The second kappa shape index (κ2) is 6.29. The van der Waals surface area contributed by atoms with Gasteiger partial charge in [0.15, 0.2) is 0 Å². The van der Waals surface area contributed by atoms with Crippen LogP contribution < -0.4 is 10.1 Å². The smallest absolute Gasteiger partial charge is 0.138 e. The van der Waals surface area contributed by atoms with Gasteiger partial charge in [0.1, 0.15) is 11.9 Å². The van der Waals surface area contributed by atoms with E-state index in [1.54, 1.807) is 0 Å². The fraction of sp³-hybridized carbons (Fsp3) is 0.294. The van der Waals surface area contributed by atoms with Crippen molar-refractivity contribution in [3.8, 4) is 5.75 Å². The highest BCUT2D eigenvalue weighted by atomic mass is 35.5. The monoisotopic (exact) mass is 287 g/mol. The van der Waals surface area contributed by atoms with E-state index in [-0.39, 0.29) is 6.10 Å². The maximum absolute atomic E-state index is 6.19. The van der Waals surface area contributed by atoms with E-state index in [1.165, 1.54) is 18.4 Å². The number of halogens is 1. The summed E-state index contributed by atoms with van der Waals surface area (Å²) in [5.41, 5.74) is 1.17. The largest absolute Gasteiger partial charge is 0.483 e. The summed E-state index contributed by atoms with van der Waals surface area (Å²) in [5.74, 6) is 0.737. The van der Waals surface area contributed by atoms with E-state index in [2.05, 4.69) is 17.4 Å². The van der Waals surface area contributed by atoms with Gasteiger partial charge >= 0.3 is 0 Å². The molecule has 1 aliphatic carbocycles. The van der Waals surface area contributed by atoms with Gasteiger partial charge in [-0.15, -0.1) is 0 Å². The van der Waals surface area contributed by atoms with Crippen LogP contribution in [0, 0.1) is 0 Å². The Bertz CT molecular complexity index is 554. The molecule has 2 aromatic carbocycles. The predicted molar refractivity (Wildman–Crippen MR) is 82.3 cm³/mol. The first-order chi connectivity index (χ1) is 9.83. The van der Waals surface area contributed by atoms with Crippen LogP contribution in [-0.4, -0.2) is 12.6 Å². The number of rotatable bonds is 6. The summed E-state index contributed by atoms with van der Waals surface area (Å²) in [5, 5.41) is 4.18. The lowest BCUT2D eigenvalue weighted by Crippen LogP contribution is -2.26. The normalized spacial score (nSPS) is 15.8. The first-order valence-electron chi connectivity index (χ1n) is 7.02. The molecule has 0 bridgehead atoms. The Hall–Kier alpha value is -1.51. The fourth-order valence-electron chi connectivity index (χ4n) is 2.15. The second-order valence-corrected chi connectivity index (χ2v) is 5.54. The van der Waals surface area contributed by atoms with Crippen LogP contribution in [0.2, 0.25) is 5.02 Å². The Kier molecular flexibility index (Phi) is 4.24. The van der Waals surface area contributed by atoms with Gasteiger partial charge in [-0.3, -0.25) is 0 Å². The molecule has 0 aromatic heterocycles.